The number of hydrogen-bond acceptors (Lipinski definition) is 3. The van der Waals surface area contributed by atoms with E-state index < -0.39 is 11.5 Å². The zero-order valence-electron chi connectivity index (χ0n) is 9.24. The van der Waals surface area contributed by atoms with Crippen LogP contribution in [0.2, 0.25) is 0 Å². The highest BCUT2D eigenvalue weighted by Crippen LogP contribution is 2.12. The molecule has 0 aromatic heterocycles. The van der Waals surface area contributed by atoms with E-state index in [-0.39, 0.29) is 5.91 Å². The van der Waals surface area contributed by atoms with Gasteiger partial charge in [0.2, 0.25) is 5.91 Å². The van der Waals surface area contributed by atoms with Gasteiger partial charge in [-0.1, -0.05) is 13.3 Å². The lowest BCUT2D eigenvalue weighted by Gasteiger charge is -2.24. The van der Waals surface area contributed by atoms with Gasteiger partial charge in [-0.15, -0.1) is 11.8 Å². The number of rotatable bonds is 6. The number of carboxylic acids is 1. The van der Waals surface area contributed by atoms with Gasteiger partial charge in [-0.3, -0.25) is 4.79 Å². The molecular formula is C10H17NO3S. The molecule has 86 valence electrons. The molecule has 0 aliphatic heterocycles. The third-order valence-corrected chi connectivity index (χ3v) is 2.38. The topological polar surface area (TPSA) is 66.4 Å². The van der Waals surface area contributed by atoms with E-state index in [0.717, 1.165) is 0 Å². The maximum atomic E-state index is 11.3. The third-order valence-electron chi connectivity index (χ3n) is 1.98. The van der Waals surface area contributed by atoms with E-state index in [1.54, 1.807) is 5.41 Å². The van der Waals surface area contributed by atoms with Gasteiger partial charge >= 0.3 is 5.97 Å². The third kappa shape index (κ3) is 4.88. The predicted octanol–water partition coefficient (Wildman–Crippen LogP) is 1.62. The first-order valence-corrected chi connectivity index (χ1v) is 6.00. The summed E-state index contributed by atoms with van der Waals surface area (Å²) in [4.78, 5) is 22.3. The summed E-state index contributed by atoms with van der Waals surface area (Å²) in [7, 11) is 0. The molecule has 0 radical (unpaired) electrons. The van der Waals surface area contributed by atoms with E-state index in [0.29, 0.717) is 12.8 Å². The molecule has 0 aromatic carbocycles. The Hall–Kier alpha value is -0.970. The Bertz CT molecular complexity index is 265. The molecule has 0 rings (SSSR count). The van der Waals surface area contributed by atoms with Gasteiger partial charge in [-0.2, -0.15) is 0 Å². The minimum atomic E-state index is -1.17. The van der Waals surface area contributed by atoms with E-state index >= 15 is 0 Å². The molecule has 0 aliphatic carbocycles. The van der Waals surface area contributed by atoms with E-state index in [4.69, 9.17) is 5.11 Å². The highest BCUT2D eigenvalue weighted by molar-refractivity contribution is 8.01. The first kappa shape index (κ1) is 14.0. The molecule has 15 heavy (non-hydrogen) atoms. The summed E-state index contributed by atoms with van der Waals surface area (Å²) < 4.78 is 0. The van der Waals surface area contributed by atoms with E-state index in [9.17, 15) is 9.59 Å². The van der Waals surface area contributed by atoms with Crippen molar-refractivity contribution in [2.75, 3.05) is 6.26 Å². The molecule has 0 spiro atoms. The summed E-state index contributed by atoms with van der Waals surface area (Å²) >= 11 is 1.39. The molecule has 1 amide bonds. The van der Waals surface area contributed by atoms with Gasteiger partial charge in [0, 0.05) is 6.08 Å². The number of carbonyl (C=O) groups is 2. The van der Waals surface area contributed by atoms with Crippen LogP contribution < -0.4 is 5.32 Å². The molecule has 0 fully saturated rings. The monoisotopic (exact) mass is 231 g/mol. The molecule has 1 atom stereocenters. The van der Waals surface area contributed by atoms with Crippen LogP contribution in [0.15, 0.2) is 11.5 Å². The lowest BCUT2D eigenvalue weighted by molar-refractivity contribution is -0.146. The van der Waals surface area contributed by atoms with E-state index in [1.807, 2.05) is 13.2 Å². The highest BCUT2D eigenvalue weighted by atomic mass is 32.2. The summed E-state index contributed by atoms with van der Waals surface area (Å²) in [5.74, 6) is -1.38. The van der Waals surface area contributed by atoms with Crippen LogP contribution in [0.1, 0.15) is 26.7 Å². The number of hydrogen-bond donors (Lipinski definition) is 2. The van der Waals surface area contributed by atoms with Crippen LogP contribution in [0.4, 0.5) is 0 Å². The Morgan fingerprint density at radius 1 is 1.53 bits per heavy atom. The van der Waals surface area contributed by atoms with Crippen molar-refractivity contribution >= 4 is 23.6 Å². The zero-order valence-corrected chi connectivity index (χ0v) is 10.1. The molecule has 5 heteroatoms. The van der Waals surface area contributed by atoms with Crippen LogP contribution in [0.25, 0.3) is 0 Å². The molecular weight excluding hydrogens is 214 g/mol. The van der Waals surface area contributed by atoms with Gasteiger partial charge in [0.1, 0.15) is 5.54 Å². The summed E-state index contributed by atoms with van der Waals surface area (Å²) in [6, 6.07) is 0. The Kier molecular flexibility index (Phi) is 6.08. The molecule has 0 bridgehead atoms. The van der Waals surface area contributed by atoms with Crippen molar-refractivity contribution in [1.29, 1.82) is 0 Å². The number of carboxylic acid groups (broad SMARTS) is 1. The number of thioether (sulfide) groups is 1. The van der Waals surface area contributed by atoms with Crippen LogP contribution in [-0.2, 0) is 9.59 Å². The number of aliphatic carboxylic acids is 1. The van der Waals surface area contributed by atoms with Gasteiger partial charge in [-0.25, -0.2) is 4.79 Å². The SMILES string of the molecule is CCCC(C)(NC(=O)/C=C/SC)C(=O)O. The van der Waals surface area contributed by atoms with E-state index in [2.05, 4.69) is 5.32 Å². The minimum absolute atomic E-state index is 0.372. The van der Waals surface area contributed by atoms with E-state index in [1.165, 1.54) is 24.8 Å². The number of carbonyl (C=O) groups excluding carboxylic acids is 1. The van der Waals surface area contributed by atoms with Crippen molar-refractivity contribution < 1.29 is 14.7 Å². The molecule has 0 aromatic rings. The van der Waals surface area contributed by atoms with Crippen LogP contribution in [0.3, 0.4) is 0 Å². The van der Waals surface area contributed by atoms with Crippen molar-refractivity contribution in [3.05, 3.63) is 11.5 Å². The second kappa shape index (κ2) is 6.50. The molecule has 2 N–H and O–H groups in total. The smallest absolute Gasteiger partial charge is 0.329 e. The summed E-state index contributed by atoms with van der Waals surface area (Å²) in [5.41, 5.74) is -1.17. The second-order valence-electron chi connectivity index (χ2n) is 3.41. The van der Waals surface area contributed by atoms with Gasteiger partial charge < -0.3 is 10.4 Å². The van der Waals surface area contributed by atoms with Crippen LogP contribution in [-0.4, -0.2) is 28.8 Å². The Labute approximate surface area is 94.1 Å². The molecule has 0 saturated heterocycles. The Morgan fingerprint density at radius 3 is 2.53 bits per heavy atom. The second-order valence-corrected chi connectivity index (χ2v) is 4.16. The van der Waals surface area contributed by atoms with Gasteiger partial charge in [-0.05, 0) is 25.0 Å². The summed E-state index contributed by atoms with van der Waals surface area (Å²) in [6.07, 6.45) is 4.28. The highest BCUT2D eigenvalue weighted by Gasteiger charge is 2.32. The fourth-order valence-electron chi connectivity index (χ4n) is 1.17. The lowest BCUT2D eigenvalue weighted by Crippen LogP contribution is -2.51. The van der Waals surface area contributed by atoms with Gasteiger partial charge in [0.05, 0.1) is 0 Å². The maximum Gasteiger partial charge on any atom is 0.329 e. The fraction of sp³-hybridized carbons (Fsp3) is 0.600. The van der Waals surface area contributed by atoms with Crippen molar-refractivity contribution in [2.24, 2.45) is 0 Å². The van der Waals surface area contributed by atoms with Crippen molar-refractivity contribution in [2.45, 2.75) is 32.2 Å². The maximum absolute atomic E-state index is 11.3. The summed E-state index contributed by atoms with van der Waals surface area (Å²) in [5, 5.41) is 13.1. The Morgan fingerprint density at radius 2 is 2.13 bits per heavy atom. The Balaban J connectivity index is 4.48. The average molecular weight is 231 g/mol. The molecule has 4 nitrogen and oxygen atoms in total. The van der Waals surface area contributed by atoms with Gasteiger partial charge in [0.15, 0.2) is 0 Å². The summed E-state index contributed by atoms with van der Waals surface area (Å²) in [6.45, 7) is 3.40. The van der Waals surface area contributed by atoms with Crippen molar-refractivity contribution in [3.8, 4) is 0 Å². The zero-order chi connectivity index (χ0) is 11.9. The first-order valence-electron chi connectivity index (χ1n) is 4.71. The quantitative estimate of drug-likeness (QED) is 0.682. The number of amides is 1. The van der Waals surface area contributed by atoms with Crippen molar-refractivity contribution in [3.63, 3.8) is 0 Å². The minimum Gasteiger partial charge on any atom is -0.480 e. The first-order chi connectivity index (χ1) is 6.96. The molecule has 0 aliphatic rings. The predicted molar refractivity (Wildman–Crippen MR) is 61.7 cm³/mol. The van der Waals surface area contributed by atoms with Crippen LogP contribution >= 0.6 is 11.8 Å². The lowest BCUT2D eigenvalue weighted by atomic mass is 9.96. The van der Waals surface area contributed by atoms with Crippen LogP contribution in [0, 0.1) is 0 Å². The van der Waals surface area contributed by atoms with Crippen molar-refractivity contribution in [1.82, 2.24) is 5.32 Å². The molecule has 0 heterocycles. The molecule has 0 saturated carbocycles. The largest absolute Gasteiger partial charge is 0.480 e. The normalized spacial score (nSPS) is 14.9. The molecule has 1 unspecified atom stereocenters. The standard InChI is InChI=1S/C10H17NO3S/c1-4-6-10(2,9(13)14)11-8(12)5-7-15-3/h5,7H,4,6H2,1-3H3,(H,11,12)(H,13,14)/b7-5+. The number of nitrogens with one attached hydrogen (secondary N) is 1. The fourth-order valence-corrected chi connectivity index (χ4v) is 1.43. The van der Waals surface area contributed by atoms with Crippen LogP contribution in [0.5, 0.6) is 0 Å². The van der Waals surface area contributed by atoms with Gasteiger partial charge in [0.25, 0.3) is 0 Å². The average Bonchev–Trinajstić information content (AvgIpc) is 2.14.